The molecule has 0 fully saturated rings. The van der Waals surface area contributed by atoms with Gasteiger partial charge in [-0.2, -0.15) is 4.37 Å². The Bertz CT molecular complexity index is 1000. The lowest BCUT2D eigenvalue weighted by molar-refractivity contribution is -0.384. The van der Waals surface area contributed by atoms with Crippen molar-refractivity contribution in [1.29, 1.82) is 0 Å². The van der Waals surface area contributed by atoms with Gasteiger partial charge in [0.25, 0.3) is 5.69 Å². The fourth-order valence-electron chi connectivity index (χ4n) is 2.91. The van der Waals surface area contributed by atoms with Gasteiger partial charge < -0.3 is 0 Å². The normalized spacial score (nSPS) is 10.6. The maximum Gasteiger partial charge on any atom is 0.270 e. The van der Waals surface area contributed by atoms with Crippen molar-refractivity contribution in [1.82, 2.24) is 4.37 Å². The molecule has 4 nitrogen and oxygen atoms in total. The lowest BCUT2D eigenvalue weighted by atomic mass is 9.96. The van der Waals surface area contributed by atoms with E-state index in [9.17, 15) is 10.1 Å². The number of hydrogen-bond acceptors (Lipinski definition) is 4. The summed E-state index contributed by atoms with van der Waals surface area (Å²) >= 11 is 1.41. The Morgan fingerprint density at radius 2 is 1.38 bits per heavy atom. The predicted molar refractivity (Wildman–Crippen MR) is 105 cm³/mol. The number of aromatic nitrogens is 1. The fourth-order valence-corrected chi connectivity index (χ4v) is 3.84. The van der Waals surface area contributed by atoms with Gasteiger partial charge in [0.2, 0.25) is 0 Å². The number of nitro groups is 1. The molecule has 0 N–H and O–H groups in total. The molecule has 0 saturated heterocycles. The van der Waals surface area contributed by atoms with E-state index in [0.29, 0.717) is 0 Å². The smallest absolute Gasteiger partial charge is 0.258 e. The third-order valence-electron chi connectivity index (χ3n) is 4.12. The highest BCUT2D eigenvalue weighted by Gasteiger charge is 2.20. The second-order valence-corrected chi connectivity index (χ2v) is 6.55. The highest BCUT2D eigenvalue weighted by Crippen LogP contribution is 2.43. The van der Waals surface area contributed by atoms with Gasteiger partial charge in [0.05, 0.1) is 15.5 Å². The average molecular weight is 358 g/mol. The first-order chi connectivity index (χ1) is 12.7. The molecule has 0 aliphatic carbocycles. The van der Waals surface area contributed by atoms with Crippen LogP contribution in [0.5, 0.6) is 0 Å². The SMILES string of the molecule is O=[N+]([O-])c1cccc(-c2c(-c3ccccc3)nsc2-c2ccccc2)c1. The minimum atomic E-state index is -0.367. The van der Waals surface area contributed by atoms with Crippen LogP contribution in [0.4, 0.5) is 5.69 Å². The second kappa shape index (κ2) is 6.90. The zero-order valence-electron chi connectivity index (χ0n) is 13.7. The van der Waals surface area contributed by atoms with Crippen LogP contribution in [0.2, 0.25) is 0 Å². The van der Waals surface area contributed by atoms with E-state index in [4.69, 9.17) is 0 Å². The number of benzene rings is 3. The van der Waals surface area contributed by atoms with E-state index in [0.717, 1.165) is 32.8 Å². The first kappa shape index (κ1) is 16.2. The standard InChI is InChI=1S/C21H14N2O2S/c24-23(25)18-13-7-12-17(14-18)19-20(15-8-3-1-4-9-15)22-26-21(19)16-10-5-2-6-11-16/h1-14H. The monoisotopic (exact) mass is 358 g/mol. The van der Waals surface area contributed by atoms with Crippen LogP contribution in [-0.2, 0) is 0 Å². The number of hydrogen-bond donors (Lipinski definition) is 0. The van der Waals surface area contributed by atoms with Crippen molar-refractivity contribution >= 4 is 17.2 Å². The van der Waals surface area contributed by atoms with Gasteiger partial charge >= 0.3 is 0 Å². The van der Waals surface area contributed by atoms with Gasteiger partial charge in [-0.25, -0.2) is 0 Å². The topological polar surface area (TPSA) is 56.0 Å². The van der Waals surface area contributed by atoms with Crippen molar-refractivity contribution in [2.45, 2.75) is 0 Å². The van der Waals surface area contributed by atoms with Gasteiger partial charge in [-0.1, -0.05) is 72.8 Å². The molecule has 4 aromatic rings. The summed E-state index contributed by atoms with van der Waals surface area (Å²) in [5, 5.41) is 11.2. The summed E-state index contributed by atoms with van der Waals surface area (Å²) in [6.45, 7) is 0. The molecule has 0 atom stereocenters. The van der Waals surface area contributed by atoms with Gasteiger partial charge in [0.1, 0.15) is 0 Å². The zero-order chi connectivity index (χ0) is 17.9. The molecule has 0 bridgehead atoms. The molecule has 0 unspecified atom stereocenters. The lowest BCUT2D eigenvalue weighted by Gasteiger charge is -2.07. The molecule has 4 rings (SSSR count). The molecule has 0 radical (unpaired) electrons. The molecule has 3 aromatic carbocycles. The summed E-state index contributed by atoms with van der Waals surface area (Å²) in [5.74, 6) is 0. The maximum atomic E-state index is 11.2. The Morgan fingerprint density at radius 1 is 0.769 bits per heavy atom. The summed E-state index contributed by atoms with van der Waals surface area (Å²) in [4.78, 5) is 11.9. The Kier molecular flexibility index (Phi) is 4.29. The maximum absolute atomic E-state index is 11.2. The Morgan fingerprint density at radius 3 is 2.04 bits per heavy atom. The third kappa shape index (κ3) is 3.00. The number of non-ortho nitro benzene ring substituents is 1. The van der Waals surface area contributed by atoms with Gasteiger partial charge in [-0.05, 0) is 22.7 Å². The molecule has 0 amide bonds. The highest BCUT2D eigenvalue weighted by atomic mass is 32.1. The van der Waals surface area contributed by atoms with Crippen LogP contribution in [0.15, 0.2) is 84.9 Å². The molecule has 26 heavy (non-hydrogen) atoms. The minimum Gasteiger partial charge on any atom is -0.258 e. The number of rotatable bonds is 4. The molecule has 0 saturated carbocycles. The Balaban J connectivity index is 1.97. The van der Waals surface area contributed by atoms with Gasteiger partial charge in [-0.3, -0.25) is 10.1 Å². The van der Waals surface area contributed by atoms with Crippen LogP contribution in [0.25, 0.3) is 32.8 Å². The molecular weight excluding hydrogens is 344 g/mol. The van der Waals surface area contributed by atoms with Crippen LogP contribution >= 0.6 is 11.5 Å². The molecule has 0 aliphatic heterocycles. The second-order valence-electron chi connectivity index (χ2n) is 5.77. The van der Waals surface area contributed by atoms with Crippen LogP contribution in [0.3, 0.4) is 0 Å². The van der Waals surface area contributed by atoms with E-state index in [1.807, 2.05) is 66.7 Å². The van der Waals surface area contributed by atoms with Crippen molar-refractivity contribution in [2.24, 2.45) is 0 Å². The van der Waals surface area contributed by atoms with E-state index in [-0.39, 0.29) is 10.6 Å². The molecule has 126 valence electrons. The summed E-state index contributed by atoms with van der Waals surface area (Å²) in [6.07, 6.45) is 0. The predicted octanol–water partition coefficient (Wildman–Crippen LogP) is 6.05. The highest BCUT2D eigenvalue weighted by molar-refractivity contribution is 7.10. The van der Waals surface area contributed by atoms with Gasteiger partial charge in [-0.15, -0.1) is 0 Å². The summed E-state index contributed by atoms with van der Waals surface area (Å²) in [6, 6.07) is 26.6. The molecule has 0 spiro atoms. The molecule has 0 aliphatic rings. The van der Waals surface area contributed by atoms with E-state index in [1.165, 1.54) is 17.6 Å². The minimum absolute atomic E-state index is 0.0757. The molecule has 5 heteroatoms. The molecular formula is C21H14N2O2S. The summed E-state index contributed by atoms with van der Waals surface area (Å²) in [5.41, 5.74) is 4.68. The van der Waals surface area contributed by atoms with Crippen LogP contribution in [0, 0.1) is 10.1 Å². The van der Waals surface area contributed by atoms with Crippen LogP contribution < -0.4 is 0 Å². The molecule has 1 heterocycles. The van der Waals surface area contributed by atoms with E-state index in [2.05, 4.69) is 4.37 Å². The Hall–Kier alpha value is -3.31. The van der Waals surface area contributed by atoms with Crippen molar-refractivity contribution in [3.63, 3.8) is 0 Å². The van der Waals surface area contributed by atoms with Crippen molar-refractivity contribution in [3.05, 3.63) is 95.0 Å². The first-order valence-corrected chi connectivity index (χ1v) is 8.87. The lowest BCUT2D eigenvalue weighted by Crippen LogP contribution is -1.90. The van der Waals surface area contributed by atoms with Crippen molar-refractivity contribution in [3.8, 4) is 32.8 Å². The third-order valence-corrected chi connectivity index (χ3v) is 5.02. The molecule has 1 aromatic heterocycles. The quantitative estimate of drug-likeness (QED) is 0.329. The largest absolute Gasteiger partial charge is 0.270 e. The van der Waals surface area contributed by atoms with E-state index < -0.39 is 0 Å². The van der Waals surface area contributed by atoms with E-state index in [1.54, 1.807) is 12.1 Å². The summed E-state index contributed by atoms with van der Waals surface area (Å²) in [7, 11) is 0. The Labute approximate surface area is 154 Å². The number of nitro benzene ring substituents is 1. The van der Waals surface area contributed by atoms with Gasteiger partial charge in [0.15, 0.2) is 0 Å². The fraction of sp³-hybridized carbons (Fsp3) is 0. The van der Waals surface area contributed by atoms with Crippen LogP contribution in [-0.4, -0.2) is 9.30 Å². The zero-order valence-corrected chi connectivity index (χ0v) is 14.5. The first-order valence-electron chi connectivity index (χ1n) is 8.09. The average Bonchev–Trinajstić information content (AvgIpc) is 3.14. The van der Waals surface area contributed by atoms with Crippen molar-refractivity contribution < 1.29 is 4.92 Å². The van der Waals surface area contributed by atoms with Crippen LogP contribution in [0.1, 0.15) is 0 Å². The van der Waals surface area contributed by atoms with E-state index >= 15 is 0 Å². The summed E-state index contributed by atoms with van der Waals surface area (Å²) < 4.78 is 4.69. The number of nitrogens with zero attached hydrogens (tertiary/aromatic N) is 2. The van der Waals surface area contributed by atoms with Gasteiger partial charge in [0, 0.05) is 23.3 Å². The van der Waals surface area contributed by atoms with Crippen molar-refractivity contribution in [2.75, 3.05) is 0 Å².